The molecule has 5 atom stereocenters. The normalized spacial score (nSPS) is 33.4. The zero-order chi connectivity index (χ0) is 24.7. The molecule has 2 saturated heterocycles. The number of aromatic nitrogens is 1. The lowest BCUT2D eigenvalue weighted by atomic mass is 9.77. The number of Topliss-reactive ketones (excluding diaryl/α,β-unsaturated/α-hetero) is 1. The molecule has 0 amide bonds. The van der Waals surface area contributed by atoms with Crippen molar-refractivity contribution in [2.45, 2.75) is 97.7 Å². The van der Waals surface area contributed by atoms with Gasteiger partial charge in [0.05, 0.1) is 12.0 Å². The highest BCUT2D eigenvalue weighted by Crippen LogP contribution is 2.50. The number of rotatable bonds is 1. The van der Waals surface area contributed by atoms with E-state index in [1.165, 1.54) is 0 Å². The Kier molecular flexibility index (Phi) is 6.92. The van der Waals surface area contributed by atoms with E-state index in [0.717, 1.165) is 42.3 Å². The van der Waals surface area contributed by atoms with Gasteiger partial charge in [-0.25, -0.2) is 4.98 Å². The van der Waals surface area contributed by atoms with Crippen molar-refractivity contribution < 1.29 is 23.5 Å². The van der Waals surface area contributed by atoms with Crippen LogP contribution >= 0.6 is 0 Å². The molecule has 1 aromatic heterocycles. The predicted molar refractivity (Wildman–Crippen MR) is 131 cm³/mol. The summed E-state index contributed by atoms with van der Waals surface area (Å²) < 4.78 is 17.8. The van der Waals surface area contributed by atoms with E-state index in [9.17, 15) is 9.59 Å². The van der Waals surface area contributed by atoms with Gasteiger partial charge in [0.15, 0.2) is 11.5 Å². The first-order valence-electron chi connectivity index (χ1n) is 12.7. The van der Waals surface area contributed by atoms with Gasteiger partial charge in [0, 0.05) is 24.7 Å². The van der Waals surface area contributed by atoms with Crippen LogP contribution in [0.1, 0.15) is 90.5 Å². The molecule has 0 N–H and O–H groups in total. The number of epoxide rings is 1. The van der Waals surface area contributed by atoms with Crippen molar-refractivity contribution in [2.24, 2.45) is 17.3 Å². The highest BCUT2D eigenvalue weighted by molar-refractivity contribution is 5.85. The second kappa shape index (κ2) is 9.44. The standard InChI is InChI=1S/C28H39NO5/c1-17-8-7-9-25-28(6,34-25)21(20-11-12-23-22(14-20)29-19(3)33-23)16-32-26(31)18(2)15-27(4,5)24(30)13-10-17/h11-12,14,17-18,21,25H,7-10,13,15-16H2,1-6H3. The van der Waals surface area contributed by atoms with Crippen LogP contribution in [0.3, 0.4) is 0 Å². The number of benzene rings is 1. The van der Waals surface area contributed by atoms with Gasteiger partial charge in [-0.15, -0.1) is 0 Å². The average molecular weight is 470 g/mol. The summed E-state index contributed by atoms with van der Waals surface area (Å²) in [6.45, 7) is 12.2. The third-order valence-corrected chi connectivity index (χ3v) is 7.98. The number of ketones is 1. The molecule has 2 aromatic rings. The van der Waals surface area contributed by atoms with Gasteiger partial charge in [-0.1, -0.05) is 46.6 Å². The summed E-state index contributed by atoms with van der Waals surface area (Å²) in [4.78, 5) is 30.3. The Balaban J connectivity index is 1.59. The minimum absolute atomic E-state index is 0.102. The van der Waals surface area contributed by atoms with Crippen molar-refractivity contribution in [1.82, 2.24) is 4.98 Å². The van der Waals surface area contributed by atoms with Crippen molar-refractivity contribution in [3.63, 3.8) is 0 Å². The number of carbonyl (C=O) groups excluding carboxylic acids is 2. The number of aryl methyl sites for hydroxylation is 1. The van der Waals surface area contributed by atoms with Crippen LogP contribution in [0.5, 0.6) is 0 Å². The number of hydrogen-bond donors (Lipinski definition) is 0. The Morgan fingerprint density at radius 3 is 2.59 bits per heavy atom. The number of esters is 1. The van der Waals surface area contributed by atoms with Gasteiger partial charge in [-0.2, -0.15) is 0 Å². The highest BCUT2D eigenvalue weighted by atomic mass is 16.6. The number of cyclic esters (lactones) is 1. The van der Waals surface area contributed by atoms with Gasteiger partial charge in [0.2, 0.25) is 0 Å². The summed E-state index contributed by atoms with van der Waals surface area (Å²) >= 11 is 0. The Bertz CT molecular complexity index is 1060. The van der Waals surface area contributed by atoms with Crippen LogP contribution in [0.4, 0.5) is 0 Å². The molecule has 186 valence electrons. The first-order chi connectivity index (χ1) is 16.0. The number of fused-ring (bicyclic) bond motifs is 2. The number of ether oxygens (including phenoxy) is 2. The Morgan fingerprint density at radius 1 is 1.06 bits per heavy atom. The van der Waals surface area contributed by atoms with Crippen LogP contribution in [0, 0.1) is 24.2 Å². The molecular formula is C28H39NO5. The number of oxazole rings is 1. The van der Waals surface area contributed by atoms with E-state index >= 15 is 0 Å². The van der Waals surface area contributed by atoms with Crippen LogP contribution in [0.15, 0.2) is 22.6 Å². The largest absolute Gasteiger partial charge is 0.465 e. The quantitative estimate of drug-likeness (QED) is 0.368. The summed E-state index contributed by atoms with van der Waals surface area (Å²) in [5.41, 5.74) is 1.67. The first kappa shape index (κ1) is 24.9. The van der Waals surface area contributed by atoms with E-state index in [-0.39, 0.29) is 41.9 Å². The zero-order valence-electron chi connectivity index (χ0n) is 21.5. The molecular weight excluding hydrogens is 430 g/mol. The topological polar surface area (TPSA) is 81.9 Å². The van der Waals surface area contributed by atoms with E-state index in [1.54, 1.807) is 0 Å². The maximum absolute atomic E-state index is 13.0. The number of nitrogens with zero attached hydrogens (tertiary/aromatic N) is 1. The molecule has 34 heavy (non-hydrogen) atoms. The lowest BCUT2D eigenvalue weighted by molar-refractivity contribution is -0.150. The average Bonchev–Trinajstić information content (AvgIpc) is 3.26. The van der Waals surface area contributed by atoms with E-state index in [2.05, 4.69) is 18.8 Å². The van der Waals surface area contributed by atoms with E-state index in [4.69, 9.17) is 13.9 Å². The third-order valence-electron chi connectivity index (χ3n) is 7.98. The van der Waals surface area contributed by atoms with Crippen molar-refractivity contribution in [3.05, 3.63) is 29.7 Å². The molecule has 1 aromatic carbocycles. The second-order valence-electron chi connectivity index (χ2n) is 11.4. The third kappa shape index (κ3) is 5.22. The molecule has 2 fully saturated rings. The zero-order valence-corrected chi connectivity index (χ0v) is 21.5. The maximum atomic E-state index is 13.0. The Morgan fingerprint density at radius 2 is 1.82 bits per heavy atom. The van der Waals surface area contributed by atoms with Crippen LogP contribution < -0.4 is 0 Å². The fraction of sp³-hybridized carbons (Fsp3) is 0.679. The summed E-state index contributed by atoms with van der Waals surface area (Å²) in [7, 11) is 0. The van der Waals surface area contributed by atoms with Gasteiger partial charge < -0.3 is 13.9 Å². The summed E-state index contributed by atoms with van der Waals surface area (Å²) in [6, 6.07) is 5.99. The Labute approximate surface area is 202 Å². The van der Waals surface area contributed by atoms with E-state index in [1.807, 2.05) is 45.9 Å². The van der Waals surface area contributed by atoms with Gasteiger partial charge in [0.25, 0.3) is 0 Å². The molecule has 6 heteroatoms. The molecule has 0 spiro atoms. The molecule has 2 aliphatic heterocycles. The van der Waals surface area contributed by atoms with E-state index < -0.39 is 5.41 Å². The van der Waals surface area contributed by atoms with Crippen molar-refractivity contribution >= 4 is 22.9 Å². The molecule has 4 rings (SSSR count). The minimum atomic E-state index is -0.541. The molecule has 6 nitrogen and oxygen atoms in total. The smallest absolute Gasteiger partial charge is 0.308 e. The highest BCUT2D eigenvalue weighted by Gasteiger charge is 2.57. The molecule has 2 aliphatic rings. The van der Waals surface area contributed by atoms with Crippen LogP contribution in [0.25, 0.3) is 11.1 Å². The molecule has 3 heterocycles. The predicted octanol–water partition coefficient (Wildman–Crippen LogP) is 6.14. The van der Waals surface area contributed by atoms with Gasteiger partial charge >= 0.3 is 5.97 Å². The summed E-state index contributed by atoms with van der Waals surface area (Å²) in [5, 5.41) is 0. The van der Waals surface area contributed by atoms with E-state index in [0.29, 0.717) is 24.7 Å². The first-order valence-corrected chi connectivity index (χ1v) is 12.7. The van der Waals surface area contributed by atoms with Crippen molar-refractivity contribution in [3.8, 4) is 0 Å². The summed E-state index contributed by atoms with van der Waals surface area (Å²) in [5.74, 6) is 0.644. The SMILES string of the molecule is Cc1nc2cc(C3COC(=O)C(C)CC(C)(C)C(=O)CCC(C)CCCC4OC43C)ccc2o1. The van der Waals surface area contributed by atoms with Gasteiger partial charge in [-0.05, 0) is 49.8 Å². The lowest BCUT2D eigenvalue weighted by Crippen LogP contribution is -2.32. The molecule has 0 bridgehead atoms. The van der Waals surface area contributed by atoms with Crippen LogP contribution in [-0.2, 0) is 19.1 Å². The minimum Gasteiger partial charge on any atom is -0.465 e. The Hall–Kier alpha value is -2.21. The van der Waals surface area contributed by atoms with Crippen LogP contribution in [0.2, 0.25) is 0 Å². The molecule has 0 radical (unpaired) electrons. The van der Waals surface area contributed by atoms with Crippen molar-refractivity contribution in [2.75, 3.05) is 6.61 Å². The summed E-state index contributed by atoms with van der Waals surface area (Å²) in [6.07, 6.45) is 5.19. The fourth-order valence-corrected chi connectivity index (χ4v) is 5.58. The molecule has 5 unspecified atom stereocenters. The maximum Gasteiger partial charge on any atom is 0.308 e. The number of hydrogen-bond acceptors (Lipinski definition) is 6. The molecule has 0 aliphatic carbocycles. The van der Waals surface area contributed by atoms with Gasteiger partial charge in [0.1, 0.15) is 23.5 Å². The fourth-order valence-electron chi connectivity index (χ4n) is 5.58. The second-order valence-corrected chi connectivity index (χ2v) is 11.4. The lowest BCUT2D eigenvalue weighted by Gasteiger charge is -2.28. The molecule has 0 saturated carbocycles. The monoisotopic (exact) mass is 469 g/mol. The number of carbonyl (C=O) groups is 2. The van der Waals surface area contributed by atoms with Crippen LogP contribution in [-0.4, -0.2) is 35.0 Å². The van der Waals surface area contributed by atoms with Crippen molar-refractivity contribution in [1.29, 1.82) is 0 Å². The van der Waals surface area contributed by atoms with Gasteiger partial charge in [-0.3, -0.25) is 9.59 Å².